The van der Waals surface area contributed by atoms with E-state index in [1.54, 1.807) is 30.0 Å². The molecule has 0 bridgehead atoms. The molecule has 0 saturated heterocycles. The summed E-state index contributed by atoms with van der Waals surface area (Å²) < 4.78 is 0. The van der Waals surface area contributed by atoms with E-state index in [9.17, 15) is 5.11 Å². The van der Waals surface area contributed by atoms with Crippen LogP contribution >= 0.6 is 11.8 Å². The number of nitrogens with one attached hydrogen (secondary N) is 1. The number of benzene rings is 2. The number of thioether (sulfide) groups is 1. The topological polar surface area (TPSA) is 47.3 Å². The van der Waals surface area contributed by atoms with Crippen LogP contribution in [-0.4, -0.2) is 17.9 Å². The minimum absolute atomic E-state index is 0.289. The number of hydrogen-bond donors (Lipinski definition) is 2. The first-order chi connectivity index (χ1) is 13.9. The fraction of sp³-hybridized carbons (Fsp3) is 0.240. The quantitative estimate of drug-likeness (QED) is 0.542. The van der Waals surface area contributed by atoms with Gasteiger partial charge in [-0.15, -0.1) is 0 Å². The average molecular weight is 405 g/mol. The summed E-state index contributed by atoms with van der Waals surface area (Å²) in [4.78, 5) is 4.41. The number of rotatable bonds is 7. The van der Waals surface area contributed by atoms with Crippen LogP contribution in [0.15, 0.2) is 82.6 Å². The van der Waals surface area contributed by atoms with Gasteiger partial charge in [-0.05, 0) is 65.5 Å². The van der Waals surface area contributed by atoms with Crippen LogP contribution in [0.3, 0.4) is 0 Å². The van der Waals surface area contributed by atoms with Crippen molar-refractivity contribution in [2.45, 2.75) is 37.6 Å². The molecule has 0 amide bonds. The Labute approximate surface area is 178 Å². The van der Waals surface area contributed by atoms with Crippen molar-refractivity contribution in [1.29, 1.82) is 5.41 Å². The Hall–Kier alpha value is -2.72. The predicted molar refractivity (Wildman–Crippen MR) is 125 cm³/mol. The molecule has 0 radical (unpaired) electrons. The number of aromatic hydroxyl groups is 1. The third-order valence-corrected chi connectivity index (χ3v) is 6.37. The molecule has 0 aliphatic heterocycles. The largest absolute Gasteiger partial charge is 0.508 e. The molecule has 2 aromatic carbocycles. The molecule has 1 aliphatic rings. The highest BCUT2D eigenvalue weighted by atomic mass is 32.2. The lowest BCUT2D eigenvalue weighted by Gasteiger charge is -2.23. The number of allylic oxidation sites excluding steroid dienone is 4. The first-order valence-corrected chi connectivity index (χ1v) is 10.7. The number of hydrogen-bond acceptors (Lipinski definition) is 4. The van der Waals surface area contributed by atoms with E-state index in [1.165, 1.54) is 10.5 Å². The number of phenolic OH excluding ortho intramolecular Hbond substituents is 1. The van der Waals surface area contributed by atoms with Gasteiger partial charge in [-0.1, -0.05) is 56.5 Å². The first-order valence-electron chi connectivity index (χ1n) is 9.85. The summed E-state index contributed by atoms with van der Waals surface area (Å²) in [7, 11) is 2.06. The molecule has 1 atom stereocenters. The second-order valence-electron chi connectivity index (χ2n) is 7.48. The van der Waals surface area contributed by atoms with Gasteiger partial charge in [-0.2, -0.15) is 0 Å². The minimum atomic E-state index is 0.289. The summed E-state index contributed by atoms with van der Waals surface area (Å²) in [6.45, 7) is 9.31. The Balaban J connectivity index is 1.91. The van der Waals surface area contributed by atoms with E-state index in [0.717, 1.165) is 28.1 Å². The van der Waals surface area contributed by atoms with Crippen LogP contribution in [0.2, 0.25) is 0 Å². The first kappa shape index (κ1) is 21.0. The van der Waals surface area contributed by atoms with E-state index in [4.69, 9.17) is 5.41 Å². The lowest BCUT2D eigenvalue weighted by molar-refractivity contribution is 0.474. The van der Waals surface area contributed by atoms with Gasteiger partial charge in [-0.3, -0.25) is 0 Å². The van der Waals surface area contributed by atoms with Crippen LogP contribution in [0.1, 0.15) is 37.3 Å². The zero-order valence-electron chi connectivity index (χ0n) is 17.3. The van der Waals surface area contributed by atoms with Crippen molar-refractivity contribution >= 4 is 23.2 Å². The van der Waals surface area contributed by atoms with E-state index in [0.29, 0.717) is 18.2 Å². The Bertz CT molecular complexity index is 990. The molecule has 29 heavy (non-hydrogen) atoms. The van der Waals surface area contributed by atoms with E-state index >= 15 is 0 Å². The summed E-state index contributed by atoms with van der Waals surface area (Å²) in [5.74, 6) is 0.743. The molecule has 1 aliphatic carbocycles. The van der Waals surface area contributed by atoms with Gasteiger partial charge < -0.3 is 15.4 Å². The van der Waals surface area contributed by atoms with Gasteiger partial charge in [0.2, 0.25) is 0 Å². The molecule has 1 unspecified atom stereocenters. The second-order valence-corrected chi connectivity index (χ2v) is 8.57. The van der Waals surface area contributed by atoms with Crippen molar-refractivity contribution in [2.24, 2.45) is 0 Å². The van der Waals surface area contributed by atoms with Gasteiger partial charge in [-0.25, -0.2) is 0 Å². The molecule has 0 spiro atoms. The highest BCUT2D eigenvalue weighted by Gasteiger charge is 2.16. The number of anilines is 1. The summed E-state index contributed by atoms with van der Waals surface area (Å²) in [5.41, 5.74) is 4.95. The Kier molecular flexibility index (Phi) is 6.65. The van der Waals surface area contributed by atoms with Crippen molar-refractivity contribution in [1.82, 2.24) is 0 Å². The predicted octanol–water partition coefficient (Wildman–Crippen LogP) is 6.66. The average Bonchev–Trinajstić information content (AvgIpc) is 2.70. The molecule has 4 heteroatoms. The van der Waals surface area contributed by atoms with Crippen molar-refractivity contribution in [3.8, 4) is 5.75 Å². The van der Waals surface area contributed by atoms with Crippen LogP contribution < -0.4 is 4.90 Å². The summed E-state index contributed by atoms with van der Waals surface area (Å²) in [6.07, 6.45) is 6.64. The van der Waals surface area contributed by atoms with E-state index < -0.39 is 0 Å². The van der Waals surface area contributed by atoms with Crippen LogP contribution in [0.5, 0.6) is 5.75 Å². The van der Waals surface area contributed by atoms with Crippen LogP contribution in [-0.2, 0) is 6.54 Å². The third-order valence-electron chi connectivity index (χ3n) is 5.20. The maximum atomic E-state index is 9.73. The molecule has 3 rings (SSSR count). The summed E-state index contributed by atoms with van der Waals surface area (Å²) in [5, 5.41) is 17.7. The van der Waals surface area contributed by atoms with Crippen molar-refractivity contribution in [2.75, 3.05) is 11.9 Å². The van der Waals surface area contributed by atoms with E-state index in [1.807, 2.05) is 24.3 Å². The van der Waals surface area contributed by atoms with Gasteiger partial charge in [0, 0.05) is 29.1 Å². The molecule has 0 heterocycles. The van der Waals surface area contributed by atoms with Gasteiger partial charge in [0.05, 0.1) is 5.71 Å². The van der Waals surface area contributed by atoms with Crippen molar-refractivity contribution in [3.05, 3.63) is 88.9 Å². The Morgan fingerprint density at radius 1 is 1.17 bits per heavy atom. The van der Waals surface area contributed by atoms with Gasteiger partial charge in [0.15, 0.2) is 0 Å². The monoisotopic (exact) mass is 404 g/mol. The Morgan fingerprint density at radius 3 is 2.69 bits per heavy atom. The molecule has 2 aromatic rings. The standard InChI is InChI=1S/C25H28N2OS/c1-5-17(2)23-12-11-21(27(4)16-19-7-6-8-22(28)13-19)15-25(23)29-24-14-20(26)10-9-18(24)3/h6-15,17,26,28H,3,5,16H2,1-2,4H3. The Morgan fingerprint density at radius 2 is 1.97 bits per heavy atom. The number of nitrogens with zero attached hydrogens (tertiary/aromatic N) is 1. The van der Waals surface area contributed by atoms with Gasteiger partial charge >= 0.3 is 0 Å². The fourth-order valence-corrected chi connectivity index (χ4v) is 4.45. The molecule has 150 valence electrons. The lowest BCUT2D eigenvalue weighted by Crippen LogP contribution is -2.16. The zero-order valence-corrected chi connectivity index (χ0v) is 18.1. The SMILES string of the molecule is C=C1C=CC(=N)C=C1Sc1cc(N(C)Cc2cccc(O)c2)ccc1C(C)CC. The van der Waals surface area contributed by atoms with Crippen LogP contribution in [0.4, 0.5) is 5.69 Å². The third kappa shape index (κ3) is 5.21. The molecular weight excluding hydrogens is 376 g/mol. The molecule has 0 saturated carbocycles. The highest BCUT2D eigenvalue weighted by Crippen LogP contribution is 2.40. The molecule has 2 N–H and O–H groups in total. The van der Waals surface area contributed by atoms with E-state index in [-0.39, 0.29) is 5.75 Å². The minimum Gasteiger partial charge on any atom is -0.508 e. The zero-order chi connectivity index (χ0) is 21.0. The normalized spacial score (nSPS) is 14.7. The smallest absolute Gasteiger partial charge is 0.115 e. The van der Waals surface area contributed by atoms with Crippen molar-refractivity contribution < 1.29 is 5.11 Å². The summed E-state index contributed by atoms with van der Waals surface area (Å²) in [6, 6.07) is 14.0. The second kappa shape index (κ2) is 9.19. The van der Waals surface area contributed by atoms with Crippen LogP contribution in [0.25, 0.3) is 0 Å². The maximum absolute atomic E-state index is 9.73. The number of phenols is 1. The summed E-state index contributed by atoms with van der Waals surface area (Å²) >= 11 is 1.69. The lowest BCUT2D eigenvalue weighted by atomic mass is 9.98. The molecule has 0 aromatic heterocycles. The van der Waals surface area contributed by atoms with Gasteiger partial charge in [0.25, 0.3) is 0 Å². The maximum Gasteiger partial charge on any atom is 0.115 e. The van der Waals surface area contributed by atoms with Crippen LogP contribution in [0, 0.1) is 5.41 Å². The van der Waals surface area contributed by atoms with Gasteiger partial charge in [0.1, 0.15) is 5.75 Å². The molecule has 0 fully saturated rings. The highest BCUT2D eigenvalue weighted by molar-refractivity contribution is 8.03. The molecule has 3 nitrogen and oxygen atoms in total. The fourth-order valence-electron chi connectivity index (χ4n) is 3.26. The molecular formula is C25H28N2OS. The van der Waals surface area contributed by atoms with E-state index in [2.05, 4.69) is 50.6 Å². The van der Waals surface area contributed by atoms with Crippen molar-refractivity contribution in [3.63, 3.8) is 0 Å².